The number of aliphatic hydroxyl groups is 1. The van der Waals surface area contributed by atoms with Gasteiger partial charge in [-0.3, -0.25) is 4.90 Å². The van der Waals surface area contributed by atoms with Crippen LogP contribution in [0.2, 0.25) is 0 Å². The molecule has 1 rings (SSSR count). The first-order chi connectivity index (χ1) is 6.46. The van der Waals surface area contributed by atoms with Crippen LogP contribution in [0.3, 0.4) is 0 Å². The van der Waals surface area contributed by atoms with Gasteiger partial charge >= 0.3 is 0 Å². The van der Waals surface area contributed by atoms with Crippen molar-refractivity contribution in [1.82, 2.24) is 4.90 Å². The first-order valence-electron chi connectivity index (χ1n) is 5.21. The summed E-state index contributed by atoms with van der Waals surface area (Å²) in [6.45, 7) is 8.59. The standard InChI is InChI=1S/C10H22N2O2/c1-8(11)9(6-13)12-4-5-14-10(2,3)7-12/h8-9,13H,4-7,11H2,1-3H3. The summed E-state index contributed by atoms with van der Waals surface area (Å²) in [7, 11) is 0. The molecule has 0 amide bonds. The Morgan fingerprint density at radius 1 is 1.57 bits per heavy atom. The normalized spacial score (nSPS) is 27.2. The van der Waals surface area contributed by atoms with E-state index in [0.29, 0.717) is 0 Å². The fraction of sp³-hybridized carbons (Fsp3) is 1.00. The van der Waals surface area contributed by atoms with Gasteiger partial charge < -0.3 is 15.6 Å². The highest BCUT2D eigenvalue weighted by atomic mass is 16.5. The predicted octanol–water partition coefficient (Wildman–Crippen LogP) is -0.195. The molecule has 1 fully saturated rings. The van der Waals surface area contributed by atoms with Gasteiger partial charge in [-0.2, -0.15) is 0 Å². The van der Waals surface area contributed by atoms with Crippen LogP contribution in [-0.2, 0) is 4.74 Å². The van der Waals surface area contributed by atoms with Crippen molar-refractivity contribution in [2.75, 3.05) is 26.3 Å². The number of ether oxygens (including phenoxy) is 1. The second-order valence-corrected chi connectivity index (χ2v) is 4.69. The lowest BCUT2D eigenvalue weighted by Gasteiger charge is -2.42. The van der Waals surface area contributed by atoms with Crippen molar-refractivity contribution >= 4 is 0 Å². The SMILES string of the molecule is CC(N)C(CO)N1CCOC(C)(C)C1. The van der Waals surface area contributed by atoms with Crippen LogP contribution in [0.5, 0.6) is 0 Å². The lowest BCUT2D eigenvalue weighted by molar-refractivity contribution is -0.103. The molecule has 0 aromatic heterocycles. The summed E-state index contributed by atoms with van der Waals surface area (Å²) < 4.78 is 5.61. The van der Waals surface area contributed by atoms with Crippen LogP contribution in [0, 0.1) is 0 Å². The van der Waals surface area contributed by atoms with Gasteiger partial charge in [-0.15, -0.1) is 0 Å². The van der Waals surface area contributed by atoms with Gasteiger partial charge in [0, 0.05) is 25.2 Å². The van der Waals surface area contributed by atoms with Gasteiger partial charge in [0.25, 0.3) is 0 Å². The minimum absolute atomic E-state index is 0.00565. The van der Waals surface area contributed by atoms with Crippen LogP contribution in [0.15, 0.2) is 0 Å². The van der Waals surface area contributed by atoms with E-state index in [2.05, 4.69) is 18.7 Å². The largest absolute Gasteiger partial charge is 0.395 e. The molecule has 0 radical (unpaired) electrons. The highest BCUT2D eigenvalue weighted by molar-refractivity contribution is 4.86. The Morgan fingerprint density at radius 3 is 2.64 bits per heavy atom. The van der Waals surface area contributed by atoms with E-state index in [4.69, 9.17) is 10.5 Å². The Labute approximate surface area is 86.0 Å². The summed E-state index contributed by atoms with van der Waals surface area (Å²) >= 11 is 0. The molecular formula is C10H22N2O2. The maximum Gasteiger partial charge on any atom is 0.0753 e. The Morgan fingerprint density at radius 2 is 2.21 bits per heavy atom. The molecule has 0 spiro atoms. The fourth-order valence-electron chi connectivity index (χ4n) is 1.95. The lowest BCUT2D eigenvalue weighted by Crippen LogP contribution is -2.57. The fourth-order valence-corrected chi connectivity index (χ4v) is 1.95. The van der Waals surface area contributed by atoms with E-state index in [1.807, 2.05) is 6.92 Å². The topological polar surface area (TPSA) is 58.7 Å². The maximum absolute atomic E-state index is 9.26. The van der Waals surface area contributed by atoms with Crippen LogP contribution < -0.4 is 5.73 Å². The number of nitrogens with zero attached hydrogens (tertiary/aromatic N) is 1. The molecule has 1 heterocycles. The molecule has 0 aromatic rings. The minimum Gasteiger partial charge on any atom is -0.395 e. The van der Waals surface area contributed by atoms with E-state index in [9.17, 15) is 5.11 Å². The van der Waals surface area contributed by atoms with Crippen molar-refractivity contribution in [3.8, 4) is 0 Å². The first-order valence-corrected chi connectivity index (χ1v) is 5.21. The van der Waals surface area contributed by atoms with Gasteiger partial charge in [-0.25, -0.2) is 0 Å². The van der Waals surface area contributed by atoms with Gasteiger partial charge in [0.05, 0.1) is 18.8 Å². The Balaban J connectivity index is 2.58. The number of hydrogen-bond donors (Lipinski definition) is 2. The van der Waals surface area contributed by atoms with E-state index in [-0.39, 0.29) is 24.3 Å². The van der Waals surface area contributed by atoms with Gasteiger partial charge in [-0.1, -0.05) is 0 Å². The second kappa shape index (κ2) is 4.57. The lowest BCUT2D eigenvalue weighted by atomic mass is 10.0. The van der Waals surface area contributed by atoms with Crippen LogP contribution >= 0.6 is 0 Å². The molecule has 4 heteroatoms. The molecule has 0 aromatic carbocycles. The molecule has 2 atom stereocenters. The second-order valence-electron chi connectivity index (χ2n) is 4.69. The van der Waals surface area contributed by atoms with Crippen molar-refractivity contribution in [1.29, 1.82) is 0 Å². The van der Waals surface area contributed by atoms with Gasteiger partial charge in [-0.05, 0) is 20.8 Å². The number of nitrogens with two attached hydrogens (primary N) is 1. The zero-order valence-corrected chi connectivity index (χ0v) is 9.36. The smallest absolute Gasteiger partial charge is 0.0753 e. The molecule has 4 nitrogen and oxygen atoms in total. The minimum atomic E-state index is -0.124. The van der Waals surface area contributed by atoms with E-state index >= 15 is 0 Å². The van der Waals surface area contributed by atoms with Gasteiger partial charge in [0.2, 0.25) is 0 Å². The zero-order valence-electron chi connectivity index (χ0n) is 9.36. The monoisotopic (exact) mass is 202 g/mol. The molecule has 14 heavy (non-hydrogen) atoms. The quantitative estimate of drug-likeness (QED) is 0.666. The molecule has 84 valence electrons. The molecule has 3 N–H and O–H groups in total. The van der Waals surface area contributed by atoms with Crippen molar-refractivity contribution in [3.63, 3.8) is 0 Å². The Kier molecular flexibility index (Phi) is 3.89. The van der Waals surface area contributed by atoms with Gasteiger partial charge in [0.15, 0.2) is 0 Å². The molecule has 1 aliphatic rings. The predicted molar refractivity (Wildman–Crippen MR) is 56.1 cm³/mol. The summed E-state index contributed by atoms with van der Waals surface area (Å²) in [5.41, 5.74) is 5.70. The molecule has 1 aliphatic heterocycles. The molecular weight excluding hydrogens is 180 g/mol. The average molecular weight is 202 g/mol. The third-order valence-corrected chi connectivity index (χ3v) is 2.72. The molecule has 0 bridgehead atoms. The van der Waals surface area contributed by atoms with Crippen molar-refractivity contribution in [2.24, 2.45) is 5.73 Å². The first kappa shape index (κ1) is 11.9. The summed E-state index contributed by atoms with van der Waals surface area (Å²) in [6, 6.07) is 0.0482. The van der Waals surface area contributed by atoms with Gasteiger partial charge in [0.1, 0.15) is 0 Å². The van der Waals surface area contributed by atoms with E-state index in [1.54, 1.807) is 0 Å². The van der Waals surface area contributed by atoms with Crippen LogP contribution in [0.4, 0.5) is 0 Å². The average Bonchev–Trinajstić information content (AvgIpc) is 2.02. The summed E-state index contributed by atoms with van der Waals surface area (Å²) in [4.78, 5) is 2.22. The molecule has 1 saturated heterocycles. The number of rotatable bonds is 3. The third-order valence-electron chi connectivity index (χ3n) is 2.72. The van der Waals surface area contributed by atoms with Crippen molar-refractivity contribution in [2.45, 2.75) is 38.5 Å². The molecule has 2 unspecified atom stereocenters. The number of aliphatic hydroxyl groups excluding tert-OH is 1. The molecule has 0 saturated carbocycles. The Hall–Kier alpha value is -0.160. The van der Waals surface area contributed by atoms with Crippen molar-refractivity contribution in [3.05, 3.63) is 0 Å². The van der Waals surface area contributed by atoms with E-state index in [1.165, 1.54) is 0 Å². The third kappa shape index (κ3) is 2.92. The highest BCUT2D eigenvalue weighted by Crippen LogP contribution is 2.19. The van der Waals surface area contributed by atoms with Crippen LogP contribution in [-0.4, -0.2) is 54.0 Å². The highest BCUT2D eigenvalue weighted by Gasteiger charge is 2.32. The van der Waals surface area contributed by atoms with E-state index in [0.717, 1.165) is 19.7 Å². The number of hydrogen-bond acceptors (Lipinski definition) is 4. The van der Waals surface area contributed by atoms with Crippen LogP contribution in [0.1, 0.15) is 20.8 Å². The van der Waals surface area contributed by atoms with Crippen molar-refractivity contribution < 1.29 is 9.84 Å². The summed E-state index contributed by atoms with van der Waals surface area (Å²) in [5, 5.41) is 9.26. The summed E-state index contributed by atoms with van der Waals surface area (Å²) in [5.74, 6) is 0. The zero-order chi connectivity index (χ0) is 10.8. The summed E-state index contributed by atoms with van der Waals surface area (Å²) in [6.07, 6.45) is 0. The maximum atomic E-state index is 9.26. The van der Waals surface area contributed by atoms with Crippen LogP contribution in [0.25, 0.3) is 0 Å². The number of morpholine rings is 1. The molecule has 0 aliphatic carbocycles. The Bertz CT molecular complexity index is 183. The van der Waals surface area contributed by atoms with E-state index < -0.39 is 0 Å².